The van der Waals surface area contributed by atoms with Crippen LogP contribution in [0.4, 0.5) is 0 Å². The van der Waals surface area contributed by atoms with E-state index in [1.807, 2.05) is 13.0 Å². The molecule has 0 amide bonds. The van der Waals surface area contributed by atoms with Gasteiger partial charge in [0.25, 0.3) is 0 Å². The van der Waals surface area contributed by atoms with E-state index in [1.54, 1.807) is 6.08 Å². The molecular weight excluding hydrogens is 320 g/mol. The van der Waals surface area contributed by atoms with Gasteiger partial charge in [0.2, 0.25) is 0 Å². The number of carbonyl (C=O) groups excluding carboxylic acids is 1. The van der Waals surface area contributed by atoms with Gasteiger partial charge in [0, 0.05) is 6.42 Å². The molecule has 0 saturated heterocycles. The number of rotatable bonds is 3. The first-order valence-electron chi connectivity index (χ1n) is 9.09. The van der Waals surface area contributed by atoms with Crippen LogP contribution in [-0.4, -0.2) is 38.8 Å². The summed E-state index contributed by atoms with van der Waals surface area (Å²) in [5, 5.41) is 30.7. The van der Waals surface area contributed by atoms with Gasteiger partial charge in [-0.1, -0.05) is 18.7 Å². The molecule has 0 aliphatic heterocycles. The number of carbonyl (C=O) groups is 2. The molecule has 5 heteroatoms. The molecule has 4 bridgehead atoms. The van der Waals surface area contributed by atoms with Gasteiger partial charge in [-0.3, -0.25) is 9.59 Å². The standard InChI is InChI=1S/C20H26O5/c1-12-7-19(9-16(23)24)11-20(12,25)6-3-13(19)18-5-4-14(21)17(2,10-18)15(22)8-18/h4-5,13-14,21,25H,1,3,6-11H2,2H3,(H,23,24)/t13-,14+,17-,18+,19-,20-/m0/s1. The third kappa shape index (κ3) is 2.08. The van der Waals surface area contributed by atoms with Crippen LogP contribution in [0.5, 0.6) is 0 Å². The summed E-state index contributed by atoms with van der Waals surface area (Å²) in [5.74, 6) is -0.800. The zero-order valence-corrected chi connectivity index (χ0v) is 14.6. The Labute approximate surface area is 147 Å². The number of hydrogen-bond donors (Lipinski definition) is 3. The van der Waals surface area contributed by atoms with Crippen molar-refractivity contribution in [3.8, 4) is 0 Å². The van der Waals surface area contributed by atoms with Crippen molar-refractivity contribution in [2.24, 2.45) is 22.2 Å². The van der Waals surface area contributed by atoms with E-state index in [-0.39, 0.29) is 18.1 Å². The molecule has 0 aromatic heterocycles. The Morgan fingerprint density at radius 1 is 1.36 bits per heavy atom. The lowest BCUT2D eigenvalue weighted by Gasteiger charge is -2.51. The molecule has 136 valence electrons. The van der Waals surface area contributed by atoms with Crippen LogP contribution in [0.1, 0.15) is 51.9 Å². The first kappa shape index (κ1) is 17.0. The molecule has 4 aliphatic carbocycles. The smallest absolute Gasteiger partial charge is 0.303 e. The third-order valence-corrected chi connectivity index (χ3v) is 7.74. The van der Waals surface area contributed by atoms with Gasteiger partial charge in [-0.2, -0.15) is 0 Å². The highest BCUT2D eigenvalue weighted by molar-refractivity contribution is 5.89. The monoisotopic (exact) mass is 346 g/mol. The second kappa shape index (κ2) is 4.83. The van der Waals surface area contributed by atoms with Gasteiger partial charge in [-0.25, -0.2) is 0 Å². The van der Waals surface area contributed by atoms with Crippen LogP contribution in [0.25, 0.3) is 0 Å². The lowest BCUT2D eigenvalue weighted by molar-refractivity contribution is -0.144. The molecule has 3 fully saturated rings. The molecule has 0 heterocycles. The molecule has 0 unspecified atom stereocenters. The summed E-state index contributed by atoms with van der Waals surface area (Å²) < 4.78 is 0. The zero-order valence-electron chi connectivity index (χ0n) is 14.6. The highest BCUT2D eigenvalue weighted by Crippen LogP contribution is 2.69. The predicted molar refractivity (Wildman–Crippen MR) is 90.7 cm³/mol. The molecule has 0 radical (unpaired) electrons. The molecule has 0 aromatic carbocycles. The largest absolute Gasteiger partial charge is 0.481 e. The number of ketones is 1. The summed E-state index contributed by atoms with van der Waals surface area (Å²) in [5.41, 5.74) is -1.98. The SMILES string of the molecule is C=C1C[C@]2(CC(=O)O)C[C@@]1(O)CC[C@H]2[C@@]12C=C[C@@H](O)[C@](C)(C1)C(=O)C2. The maximum atomic E-state index is 12.7. The molecule has 25 heavy (non-hydrogen) atoms. The first-order chi connectivity index (χ1) is 11.6. The van der Waals surface area contributed by atoms with Gasteiger partial charge in [0.1, 0.15) is 5.78 Å². The first-order valence-corrected chi connectivity index (χ1v) is 9.09. The van der Waals surface area contributed by atoms with Crippen molar-refractivity contribution in [1.82, 2.24) is 0 Å². The average Bonchev–Trinajstić information content (AvgIpc) is 2.82. The molecule has 3 N–H and O–H groups in total. The van der Waals surface area contributed by atoms with Crippen LogP contribution in [0.15, 0.2) is 24.3 Å². The van der Waals surface area contributed by atoms with E-state index in [0.29, 0.717) is 38.5 Å². The number of aliphatic carboxylic acids is 1. The Morgan fingerprint density at radius 3 is 2.76 bits per heavy atom. The van der Waals surface area contributed by atoms with E-state index >= 15 is 0 Å². The van der Waals surface area contributed by atoms with Crippen molar-refractivity contribution in [2.45, 2.75) is 63.6 Å². The lowest BCUT2D eigenvalue weighted by Crippen LogP contribution is -2.48. The predicted octanol–water partition coefficient (Wildman–Crippen LogP) is 2.22. The van der Waals surface area contributed by atoms with Crippen molar-refractivity contribution in [2.75, 3.05) is 0 Å². The Bertz CT molecular complexity index is 711. The molecule has 4 aliphatic rings. The van der Waals surface area contributed by atoms with Crippen molar-refractivity contribution < 1.29 is 24.9 Å². The van der Waals surface area contributed by atoms with Crippen molar-refractivity contribution in [1.29, 1.82) is 0 Å². The number of Topliss-reactive ketones (excluding diaryl/α,β-unsaturated/α-hetero) is 1. The molecule has 0 spiro atoms. The minimum atomic E-state index is -0.966. The van der Waals surface area contributed by atoms with E-state index in [1.165, 1.54) is 0 Å². The molecule has 5 nitrogen and oxygen atoms in total. The zero-order chi connectivity index (χ0) is 18.3. The molecular formula is C20H26O5. The maximum absolute atomic E-state index is 12.7. The highest BCUT2D eigenvalue weighted by atomic mass is 16.4. The summed E-state index contributed by atoms with van der Waals surface area (Å²) in [6.07, 6.45) is 6.02. The summed E-state index contributed by atoms with van der Waals surface area (Å²) in [7, 11) is 0. The number of hydrogen-bond acceptors (Lipinski definition) is 4. The number of aliphatic hydroxyl groups is 2. The number of carboxylic acid groups (broad SMARTS) is 1. The number of carboxylic acids is 1. The van der Waals surface area contributed by atoms with Crippen molar-refractivity contribution >= 4 is 11.8 Å². The van der Waals surface area contributed by atoms with Crippen LogP contribution in [0.3, 0.4) is 0 Å². The fraction of sp³-hybridized carbons (Fsp3) is 0.700. The molecule has 6 atom stereocenters. The fourth-order valence-corrected chi connectivity index (χ4v) is 6.60. The van der Waals surface area contributed by atoms with Crippen LogP contribution < -0.4 is 0 Å². The summed E-state index contributed by atoms with van der Waals surface area (Å²) in [4.78, 5) is 24.3. The van der Waals surface area contributed by atoms with Crippen molar-refractivity contribution in [3.63, 3.8) is 0 Å². The minimum absolute atomic E-state index is 0.00477. The van der Waals surface area contributed by atoms with Crippen LogP contribution >= 0.6 is 0 Å². The van der Waals surface area contributed by atoms with E-state index in [0.717, 1.165) is 5.57 Å². The Morgan fingerprint density at radius 2 is 2.08 bits per heavy atom. The van der Waals surface area contributed by atoms with Gasteiger partial charge in [0.05, 0.1) is 23.5 Å². The second-order valence-electron chi connectivity index (χ2n) is 9.24. The molecule has 4 rings (SSSR count). The van der Waals surface area contributed by atoms with E-state index in [4.69, 9.17) is 0 Å². The maximum Gasteiger partial charge on any atom is 0.303 e. The second-order valence-corrected chi connectivity index (χ2v) is 9.24. The Kier molecular flexibility index (Phi) is 3.28. The Balaban J connectivity index is 1.79. The van der Waals surface area contributed by atoms with Gasteiger partial charge >= 0.3 is 5.97 Å². The van der Waals surface area contributed by atoms with Gasteiger partial charge in [-0.05, 0) is 61.3 Å². The van der Waals surface area contributed by atoms with Gasteiger partial charge < -0.3 is 15.3 Å². The number of fused-ring (bicyclic) bond motifs is 4. The molecule has 0 aromatic rings. The van der Waals surface area contributed by atoms with Crippen LogP contribution in [0.2, 0.25) is 0 Å². The minimum Gasteiger partial charge on any atom is -0.481 e. The highest BCUT2D eigenvalue weighted by Gasteiger charge is 2.67. The van der Waals surface area contributed by atoms with Crippen molar-refractivity contribution in [3.05, 3.63) is 24.3 Å². The van der Waals surface area contributed by atoms with E-state index < -0.39 is 33.9 Å². The normalized spacial score (nSPS) is 51.2. The van der Waals surface area contributed by atoms with Crippen LogP contribution in [-0.2, 0) is 9.59 Å². The number of allylic oxidation sites excluding steroid dienone is 1. The lowest BCUT2D eigenvalue weighted by atomic mass is 9.53. The quantitative estimate of drug-likeness (QED) is 0.681. The summed E-state index contributed by atoms with van der Waals surface area (Å²) >= 11 is 0. The Hall–Kier alpha value is -1.46. The topological polar surface area (TPSA) is 94.8 Å². The van der Waals surface area contributed by atoms with Gasteiger partial charge in [0.15, 0.2) is 0 Å². The summed E-state index contributed by atoms with van der Waals surface area (Å²) in [6.45, 7) is 5.85. The summed E-state index contributed by atoms with van der Waals surface area (Å²) in [6, 6.07) is 0. The number of aliphatic hydroxyl groups excluding tert-OH is 1. The van der Waals surface area contributed by atoms with Gasteiger partial charge in [-0.15, -0.1) is 0 Å². The average molecular weight is 346 g/mol. The van der Waals surface area contributed by atoms with E-state index in [2.05, 4.69) is 6.58 Å². The fourth-order valence-electron chi connectivity index (χ4n) is 6.60. The molecule has 3 saturated carbocycles. The third-order valence-electron chi connectivity index (χ3n) is 7.74. The van der Waals surface area contributed by atoms with E-state index in [9.17, 15) is 24.9 Å². The van der Waals surface area contributed by atoms with Crippen LogP contribution in [0, 0.1) is 22.2 Å².